The molecule has 0 unspecified atom stereocenters. The average Bonchev–Trinajstić information content (AvgIpc) is 1.94. The Balaban J connectivity index is 3.62. The van der Waals surface area contributed by atoms with E-state index in [0.717, 1.165) is 0 Å². The molecule has 2 N–H and O–H groups in total. The van der Waals surface area contributed by atoms with Gasteiger partial charge in [-0.15, -0.1) is 0 Å². The summed E-state index contributed by atoms with van der Waals surface area (Å²) in [5.41, 5.74) is -0.134. The van der Waals surface area contributed by atoms with Crippen molar-refractivity contribution in [2.24, 2.45) is 0 Å². The van der Waals surface area contributed by atoms with E-state index in [9.17, 15) is 5.11 Å². The fourth-order valence-electron chi connectivity index (χ4n) is 0.829. The van der Waals surface area contributed by atoms with Crippen molar-refractivity contribution in [2.45, 2.75) is 58.8 Å². The highest BCUT2D eigenvalue weighted by molar-refractivity contribution is 4.73. The van der Waals surface area contributed by atoms with Gasteiger partial charge < -0.3 is 15.2 Å². The molecule has 14 heavy (non-hydrogen) atoms. The third kappa shape index (κ3) is 9.96. The van der Waals surface area contributed by atoms with Crippen LogP contribution >= 0.6 is 0 Å². The smallest absolute Gasteiger partial charge is 0.0898 e. The van der Waals surface area contributed by atoms with Gasteiger partial charge in [0.1, 0.15) is 0 Å². The maximum absolute atomic E-state index is 9.59. The highest BCUT2D eigenvalue weighted by atomic mass is 16.5. The van der Waals surface area contributed by atoms with Crippen LogP contribution in [0.3, 0.4) is 0 Å². The van der Waals surface area contributed by atoms with Crippen molar-refractivity contribution < 1.29 is 9.84 Å². The van der Waals surface area contributed by atoms with E-state index < -0.39 is 6.10 Å². The number of hydrogen-bond acceptors (Lipinski definition) is 3. The summed E-state index contributed by atoms with van der Waals surface area (Å²) in [7, 11) is 0. The Hall–Kier alpha value is -0.120. The van der Waals surface area contributed by atoms with Crippen LogP contribution in [0.2, 0.25) is 0 Å². The van der Waals surface area contributed by atoms with Gasteiger partial charge in [-0.05, 0) is 41.5 Å². The molecule has 0 aliphatic heterocycles. The number of ether oxygens (including phenoxy) is 1. The Bertz CT molecular complexity index is 138. The van der Waals surface area contributed by atoms with Crippen LogP contribution in [0, 0.1) is 0 Å². The van der Waals surface area contributed by atoms with Crippen LogP contribution in [0.1, 0.15) is 41.5 Å². The molecule has 3 nitrogen and oxygen atoms in total. The average molecular weight is 203 g/mol. The molecular formula is C11H25NO2. The lowest BCUT2D eigenvalue weighted by Crippen LogP contribution is -2.42. The summed E-state index contributed by atoms with van der Waals surface area (Å²) in [5, 5.41) is 12.8. The molecule has 0 saturated heterocycles. The van der Waals surface area contributed by atoms with Crippen molar-refractivity contribution in [1.29, 1.82) is 0 Å². The predicted molar refractivity (Wildman–Crippen MR) is 59.5 cm³/mol. The SMILES string of the molecule is CC(C)(C)NC[C@@H](O)COC(C)(C)C. The van der Waals surface area contributed by atoms with Crippen molar-refractivity contribution in [3.63, 3.8) is 0 Å². The second kappa shape index (κ2) is 5.10. The summed E-state index contributed by atoms with van der Waals surface area (Å²) >= 11 is 0. The molecule has 0 saturated carbocycles. The van der Waals surface area contributed by atoms with Crippen LogP contribution < -0.4 is 5.32 Å². The highest BCUT2D eigenvalue weighted by Gasteiger charge is 2.15. The summed E-state index contributed by atoms with van der Waals surface area (Å²) in [4.78, 5) is 0. The third-order valence-corrected chi connectivity index (χ3v) is 1.58. The van der Waals surface area contributed by atoms with E-state index >= 15 is 0 Å². The molecule has 3 heteroatoms. The Morgan fingerprint density at radius 1 is 1.14 bits per heavy atom. The van der Waals surface area contributed by atoms with Gasteiger partial charge >= 0.3 is 0 Å². The lowest BCUT2D eigenvalue weighted by atomic mass is 10.1. The summed E-state index contributed by atoms with van der Waals surface area (Å²) in [5.74, 6) is 0. The lowest BCUT2D eigenvalue weighted by Gasteiger charge is -2.25. The highest BCUT2D eigenvalue weighted by Crippen LogP contribution is 2.07. The lowest BCUT2D eigenvalue weighted by molar-refractivity contribution is -0.0489. The van der Waals surface area contributed by atoms with E-state index in [1.807, 2.05) is 20.8 Å². The number of hydrogen-bond donors (Lipinski definition) is 2. The van der Waals surface area contributed by atoms with E-state index in [4.69, 9.17) is 4.74 Å². The van der Waals surface area contributed by atoms with Gasteiger partial charge in [0.2, 0.25) is 0 Å². The molecule has 1 atom stereocenters. The number of nitrogens with one attached hydrogen (secondary N) is 1. The number of aliphatic hydroxyl groups is 1. The van der Waals surface area contributed by atoms with E-state index in [-0.39, 0.29) is 11.1 Å². The van der Waals surface area contributed by atoms with Gasteiger partial charge in [-0.25, -0.2) is 0 Å². The molecule has 0 heterocycles. The van der Waals surface area contributed by atoms with Crippen LogP contribution in [0.5, 0.6) is 0 Å². The van der Waals surface area contributed by atoms with E-state index in [1.165, 1.54) is 0 Å². The second-order valence-electron chi connectivity index (χ2n) is 5.71. The van der Waals surface area contributed by atoms with E-state index in [0.29, 0.717) is 13.2 Å². The molecule has 0 amide bonds. The molecular weight excluding hydrogens is 178 g/mol. The summed E-state index contributed by atoms with van der Waals surface area (Å²) in [6, 6.07) is 0. The standard InChI is InChI=1S/C11H25NO2/c1-10(2,3)12-7-9(13)8-14-11(4,5)6/h9,12-13H,7-8H2,1-6H3/t9-/m1/s1. The Kier molecular flexibility index (Phi) is 5.06. The van der Waals surface area contributed by atoms with Gasteiger partial charge in [-0.3, -0.25) is 0 Å². The predicted octanol–water partition coefficient (Wildman–Crippen LogP) is 1.55. The first-order valence-electron chi connectivity index (χ1n) is 5.17. The van der Waals surface area contributed by atoms with Crippen molar-refractivity contribution >= 4 is 0 Å². The Morgan fingerprint density at radius 2 is 1.64 bits per heavy atom. The monoisotopic (exact) mass is 203 g/mol. The van der Waals surface area contributed by atoms with Crippen LogP contribution in [-0.4, -0.2) is 35.5 Å². The molecule has 0 radical (unpaired) electrons. The van der Waals surface area contributed by atoms with Crippen molar-refractivity contribution in [3.05, 3.63) is 0 Å². The van der Waals surface area contributed by atoms with Crippen molar-refractivity contribution in [1.82, 2.24) is 5.32 Å². The van der Waals surface area contributed by atoms with Gasteiger partial charge in [0.15, 0.2) is 0 Å². The summed E-state index contributed by atoms with van der Waals surface area (Å²) in [6.45, 7) is 13.1. The molecule has 0 aromatic carbocycles. The molecule has 0 rings (SSSR count). The molecule has 0 bridgehead atoms. The minimum Gasteiger partial charge on any atom is -0.389 e. The van der Waals surface area contributed by atoms with Gasteiger partial charge in [0.05, 0.1) is 18.3 Å². The zero-order valence-electron chi connectivity index (χ0n) is 10.3. The fraction of sp³-hybridized carbons (Fsp3) is 1.00. The molecule has 0 aromatic heterocycles. The van der Waals surface area contributed by atoms with Crippen LogP contribution in [-0.2, 0) is 4.74 Å². The zero-order valence-corrected chi connectivity index (χ0v) is 10.3. The number of aliphatic hydroxyl groups excluding tert-OH is 1. The molecule has 0 aromatic rings. The van der Waals surface area contributed by atoms with E-state index in [1.54, 1.807) is 0 Å². The molecule has 86 valence electrons. The van der Waals surface area contributed by atoms with Gasteiger partial charge in [-0.2, -0.15) is 0 Å². The molecule has 0 fully saturated rings. The zero-order chi connectivity index (χ0) is 11.4. The van der Waals surface area contributed by atoms with Crippen molar-refractivity contribution in [2.75, 3.05) is 13.2 Å². The second-order valence-corrected chi connectivity index (χ2v) is 5.71. The number of rotatable bonds is 4. The van der Waals surface area contributed by atoms with Gasteiger partial charge in [0.25, 0.3) is 0 Å². The molecule has 0 spiro atoms. The first-order chi connectivity index (χ1) is 6.10. The first kappa shape index (κ1) is 13.9. The summed E-state index contributed by atoms with van der Waals surface area (Å²) in [6.07, 6.45) is -0.437. The Labute approximate surface area is 87.8 Å². The molecule has 0 aliphatic carbocycles. The minimum atomic E-state index is -0.437. The van der Waals surface area contributed by atoms with Crippen molar-refractivity contribution in [3.8, 4) is 0 Å². The first-order valence-corrected chi connectivity index (χ1v) is 5.17. The van der Waals surface area contributed by atoms with Crippen LogP contribution in [0.15, 0.2) is 0 Å². The van der Waals surface area contributed by atoms with Gasteiger partial charge in [-0.1, -0.05) is 0 Å². The van der Waals surface area contributed by atoms with E-state index in [2.05, 4.69) is 26.1 Å². The fourth-order valence-corrected chi connectivity index (χ4v) is 0.829. The van der Waals surface area contributed by atoms with Gasteiger partial charge in [0, 0.05) is 12.1 Å². The largest absolute Gasteiger partial charge is 0.389 e. The molecule has 0 aliphatic rings. The normalized spacial score (nSPS) is 15.6. The maximum atomic E-state index is 9.59. The third-order valence-electron chi connectivity index (χ3n) is 1.58. The quantitative estimate of drug-likeness (QED) is 0.728. The Morgan fingerprint density at radius 3 is 2.00 bits per heavy atom. The van der Waals surface area contributed by atoms with Crippen LogP contribution in [0.4, 0.5) is 0 Å². The minimum absolute atomic E-state index is 0.0444. The topological polar surface area (TPSA) is 41.5 Å². The maximum Gasteiger partial charge on any atom is 0.0898 e. The summed E-state index contributed by atoms with van der Waals surface area (Å²) < 4.78 is 5.47. The number of β-amino-alcohol motifs (C(OH)–C–C–N with tert-alkyl or cyclic N) is 1. The van der Waals surface area contributed by atoms with Crippen LogP contribution in [0.25, 0.3) is 0 Å².